The fourth-order valence-corrected chi connectivity index (χ4v) is 5.11. The Bertz CT molecular complexity index is 1110. The molecule has 1 saturated carbocycles. The summed E-state index contributed by atoms with van der Waals surface area (Å²) in [5.74, 6) is 0.577. The lowest BCUT2D eigenvalue weighted by Crippen LogP contribution is -2.40. The second kappa shape index (κ2) is 8.40. The van der Waals surface area contributed by atoms with Gasteiger partial charge < -0.3 is 15.2 Å². The number of rotatable bonds is 5. The van der Waals surface area contributed by atoms with Crippen LogP contribution in [-0.4, -0.2) is 39.7 Å². The van der Waals surface area contributed by atoms with E-state index < -0.39 is 6.10 Å². The van der Waals surface area contributed by atoms with Crippen molar-refractivity contribution in [1.82, 2.24) is 15.3 Å². The molecule has 2 aliphatic rings. The van der Waals surface area contributed by atoms with Gasteiger partial charge in [0.05, 0.1) is 24.4 Å². The molecule has 1 aliphatic carbocycles. The van der Waals surface area contributed by atoms with E-state index in [4.69, 9.17) is 4.74 Å². The molecule has 2 N–H and O–H groups in total. The summed E-state index contributed by atoms with van der Waals surface area (Å²) in [6.07, 6.45) is 3.36. The number of ether oxygens (including phenoxy) is 1. The molecule has 0 bridgehead atoms. The Hall–Kier alpha value is -2.77. The molecule has 5 rings (SSSR count). The van der Waals surface area contributed by atoms with Gasteiger partial charge in [0, 0.05) is 35.0 Å². The third-order valence-corrected chi connectivity index (χ3v) is 6.96. The van der Waals surface area contributed by atoms with E-state index in [1.54, 1.807) is 11.3 Å². The average molecular weight is 436 g/mol. The van der Waals surface area contributed by atoms with Crippen LogP contribution in [0.5, 0.6) is 5.75 Å². The van der Waals surface area contributed by atoms with Gasteiger partial charge in [0.25, 0.3) is 5.91 Å². The van der Waals surface area contributed by atoms with Crippen molar-refractivity contribution in [2.75, 3.05) is 6.61 Å². The van der Waals surface area contributed by atoms with Crippen molar-refractivity contribution in [3.63, 3.8) is 0 Å². The number of aliphatic hydroxyl groups is 1. The number of nitrogens with one attached hydrogen (secondary N) is 1. The van der Waals surface area contributed by atoms with E-state index in [2.05, 4.69) is 44.9 Å². The van der Waals surface area contributed by atoms with Gasteiger partial charge in [0.1, 0.15) is 16.5 Å². The van der Waals surface area contributed by atoms with Crippen molar-refractivity contribution in [2.45, 2.75) is 51.2 Å². The zero-order chi connectivity index (χ0) is 21.4. The number of carbonyl (C=O) groups is 1. The first-order valence-corrected chi connectivity index (χ1v) is 11.6. The summed E-state index contributed by atoms with van der Waals surface area (Å²) in [5, 5.41) is 16.1. The molecule has 2 atom stereocenters. The van der Waals surface area contributed by atoms with Crippen LogP contribution in [0.15, 0.2) is 35.7 Å². The molecule has 1 amide bonds. The Morgan fingerprint density at radius 2 is 2.10 bits per heavy atom. The van der Waals surface area contributed by atoms with Crippen molar-refractivity contribution in [1.29, 1.82) is 0 Å². The SMILES string of the molecule is Cc1csc(-c2ccc(Cc3cc(C(=O)N[C@H]4CCC[C@@H]4O)nc4c3OCC4)cc2)n1. The zero-order valence-corrected chi connectivity index (χ0v) is 18.2. The number of hydrogen-bond donors (Lipinski definition) is 2. The summed E-state index contributed by atoms with van der Waals surface area (Å²) in [5.41, 5.74) is 5.48. The summed E-state index contributed by atoms with van der Waals surface area (Å²) < 4.78 is 5.84. The van der Waals surface area contributed by atoms with E-state index in [9.17, 15) is 9.90 Å². The van der Waals surface area contributed by atoms with Gasteiger partial charge in [-0.05, 0) is 37.8 Å². The van der Waals surface area contributed by atoms with Gasteiger partial charge in [0.2, 0.25) is 0 Å². The van der Waals surface area contributed by atoms with E-state index in [1.165, 1.54) is 0 Å². The monoisotopic (exact) mass is 435 g/mol. The number of hydrogen-bond acceptors (Lipinski definition) is 6. The Morgan fingerprint density at radius 1 is 1.26 bits per heavy atom. The first-order chi connectivity index (χ1) is 15.1. The number of nitrogens with zero attached hydrogens (tertiary/aromatic N) is 2. The minimum Gasteiger partial charge on any atom is -0.491 e. The Morgan fingerprint density at radius 3 is 2.81 bits per heavy atom. The molecule has 1 aromatic carbocycles. The maximum atomic E-state index is 12.8. The highest BCUT2D eigenvalue weighted by atomic mass is 32.1. The number of aryl methyl sites for hydroxylation is 1. The number of aromatic nitrogens is 2. The molecule has 0 radical (unpaired) electrons. The molecule has 7 heteroatoms. The minimum atomic E-state index is -0.471. The summed E-state index contributed by atoms with van der Waals surface area (Å²) in [7, 11) is 0. The van der Waals surface area contributed by atoms with E-state index in [1.807, 2.05) is 13.0 Å². The summed E-state index contributed by atoms with van der Waals surface area (Å²) in [4.78, 5) is 21.9. The van der Waals surface area contributed by atoms with Crippen molar-refractivity contribution in [3.05, 3.63) is 63.9 Å². The third-order valence-electron chi connectivity index (χ3n) is 5.95. The third kappa shape index (κ3) is 4.20. The molecule has 160 valence electrons. The molecule has 1 aliphatic heterocycles. The Balaban J connectivity index is 1.38. The van der Waals surface area contributed by atoms with Gasteiger partial charge in [-0.3, -0.25) is 4.79 Å². The minimum absolute atomic E-state index is 0.190. The zero-order valence-electron chi connectivity index (χ0n) is 17.4. The van der Waals surface area contributed by atoms with Crippen LogP contribution in [-0.2, 0) is 12.8 Å². The number of pyridine rings is 1. The first-order valence-electron chi connectivity index (χ1n) is 10.7. The van der Waals surface area contributed by atoms with Gasteiger partial charge in [-0.25, -0.2) is 9.97 Å². The molecule has 1 fully saturated rings. The number of carbonyl (C=O) groups excluding carboxylic acids is 1. The van der Waals surface area contributed by atoms with Crippen molar-refractivity contribution >= 4 is 17.2 Å². The topological polar surface area (TPSA) is 84.3 Å². The van der Waals surface area contributed by atoms with Gasteiger partial charge in [-0.15, -0.1) is 11.3 Å². The molecule has 0 spiro atoms. The Labute approximate surface area is 185 Å². The summed E-state index contributed by atoms with van der Waals surface area (Å²) in [6.45, 7) is 2.59. The highest BCUT2D eigenvalue weighted by molar-refractivity contribution is 7.13. The number of aliphatic hydroxyl groups excluding tert-OH is 1. The predicted octanol–water partition coefficient (Wildman–Crippen LogP) is 3.68. The van der Waals surface area contributed by atoms with E-state index in [0.29, 0.717) is 25.1 Å². The highest BCUT2D eigenvalue weighted by Crippen LogP contribution is 2.32. The Kier molecular flexibility index (Phi) is 5.46. The van der Waals surface area contributed by atoms with Gasteiger partial charge in [0.15, 0.2) is 0 Å². The fraction of sp³-hybridized carbons (Fsp3) is 0.375. The molecule has 3 heterocycles. The van der Waals surface area contributed by atoms with Gasteiger partial charge in [-0.2, -0.15) is 0 Å². The number of fused-ring (bicyclic) bond motifs is 1. The second-order valence-electron chi connectivity index (χ2n) is 8.29. The van der Waals surface area contributed by atoms with E-state index in [-0.39, 0.29) is 11.9 Å². The summed E-state index contributed by atoms with van der Waals surface area (Å²) >= 11 is 1.65. The van der Waals surface area contributed by atoms with Crippen LogP contribution in [0.3, 0.4) is 0 Å². The van der Waals surface area contributed by atoms with Crippen LogP contribution in [0.25, 0.3) is 10.6 Å². The predicted molar refractivity (Wildman–Crippen MR) is 120 cm³/mol. The fourth-order valence-electron chi connectivity index (χ4n) is 4.31. The maximum Gasteiger partial charge on any atom is 0.270 e. The van der Waals surface area contributed by atoms with Crippen LogP contribution < -0.4 is 10.1 Å². The second-order valence-corrected chi connectivity index (χ2v) is 9.14. The molecule has 3 aromatic rings. The molecule has 2 aromatic heterocycles. The maximum absolute atomic E-state index is 12.8. The molecule has 6 nitrogen and oxygen atoms in total. The lowest BCUT2D eigenvalue weighted by molar-refractivity contribution is 0.0868. The normalized spacial score (nSPS) is 19.8. The average Bonchev–Trinajstić information content (AvgIpc) is 3.50. The van der Waals surface area contributed by atoms with Crippen LogP contribution >= 0.6 is 11.3 Å². The number of benzene rings is 1. The standard InChI is InChI=1S/C24H25N3O3S/c1-14-13-31-24(25-14)16-7-5-15(6-8-16)11-17-12-20(26-19-9-10-30-22(17)19)23(29)27-18-3-2-4-21(18)28/h5-8,12-13,18,21,28H,2-4,9-11H2,1H3,(H,27,29)/t18-,21-/m0/s1. The smallest absolute Gasteiger partial charge is 0.270 e. The highest BCUT2D eigenvalue weighted by Gasteiger charge is 2.28. The van der Waals surface area contributed by atoms with Crippen molar-refractivity contribution in [2.24, 2.45) is 0 Å². The van der Waals surface area contributed by atoms with E-state index in [0.717, 1.165) is 58.1 Å². The van der Waals surface area contributed by atoms with E-state index >= 15 is 0 Å². The molecular formula is C24H25N3O3S. The molecule has 31 heavy (non-hydrogen) atoms. The first kappa shape index (κ1) is 20.2. The van der Waals surface area contributed by atoms with Crippen LogP contribution in [0, 0.1) is 6.92 Å². The van der Waals surface area contributed by atoms with Crippen molar-refractivity contribution < 1.29 is 14.6 Å². The lowest BCUT2D eigenvalue weighted by atomic mass is 10.0. The van der Waals surface area contributed by atoms with Gasteiger partial charge in [-0.1, -0.05) is 24.3 Å². The van der Waals surface area contributed by atoms with Crippen molar-refractivity contribution in [3.8, 4) is 16.3 Å². The quantitative estimate of drug-likeness (QED) is 0.639. The molecule has 0 saturated heterocycles. The van der Waals surface area contributed by atoms with Crippen LogP contribution in [0.4, 0.5) is 0 Å². The van der Waals surface area contributed by atoms with Crippen LogP contribution in [0.2, 0.25) is 0 Å². The number of thiazole rings is 1. The molecule has 0 unspecified atom stereocenters. The molecular weight excluding hydrogens is 410 g/mol. The lowest BCUT2D eigenvalue weighted by Gasteiger charge is -2.17. The van der Waals surface area contributed by atoms with Crippen LogP contribution in [0.1, 0.15) is 52.3 Å². The largest absolute Gasteiger partial charge is 0.491 e. The summed E-state index contributed by atoms with van der Waals surface area (Å²) in [6, 6.07) is 10.0. The van der Waals surface area contributed by atoms with Gasteiger partial charge >= 0.3 is 0 Å². The number of amides is 1.